The van der Waals surface area contributed by atoms with Crippen molar-refractivity contribution in [3.63, 3.8) is 0 Å². The molecule has 4 heteroatoms. The van der Waals surface area contributed by atoms with Crippen molar-refractivity contribution in [2.24, 2.45) is 0 Å². The lowest BCUT2D eigenvalue weighted by Gasteiger charge is -2.10. The molecule has 0 unspecified atom stereocenters. The Hall–Kier alpha value is -1.58. The van der Waals surface area contributed by atoms with E-state index >= 15 is 0 Å². The number of hydrogen-bond donors (Lipinski definition) is 1. The number of anilines is 1. The first kappa shape index (κ1) is 9.63. The second-order valence-corrected chi connectivity index (χ2v) is 4.82. The van der Waals surface area contributed by atoms with Crippen LogP contribution in [0.5, 0.6) is 0 Å². The van der Waals surface area contributed by atoms with E-state index in [0.29, 0.717) is 12.0 Å². The van der Waals surface area contributed by atoms with Gasteiger partial charge in [0.25, 0.3) is 0 Å². The summed E-state index contributed by atoms with van der Waals surface area (Å²) < 4.78 is 2.32. The van der Waals surface area contributed by atoms with E-state index in [1.807, 2.05) is 0 Å². The molecule has 2 aromatic rings. The van der Waals surface area contributed by atoms with Gasteiger partial charge in [-0.3, -0.25) is 4.98 Å². The van der Waals surface area contributed by atoms with Crippen molar-refractivity contribution in [1.82, 2.24) is 14.5 Å². The highest BCUT2D eigenvalue weighted by atomic mass is 15.1. The third-order valence-corrected chi connectivity index (χ3v) is 3.08. The summed E-state index contributed by atoms with van der Waals surface area (Å²) in [5.74, 6) is 1.56. The molecule has 1 fully saturated rings. The van der Waals surface area contributed by atoms with Crippen LogP contribution in [0.4, 0.5) is 5.69 Å². The normalized spacial score (nSPS) is 16.2. The lowest BCUT2D eigenvalue weighted by Crippen LogP contribution is -2.04. The zero-order valence-electron chi connectivity index (χ0n) is 9.64. The average molecular weight is 216 g/mol. The maximum atomic E-state index is 6.01. The van der Waals surface area contributed by atoms with Gasteiger partial charge >= 0.3 is 0 Å². The van der Waals surface area contributed by atoms with E-state index in [9.17, 15) is 0 Å². The molecule has 0 amide bonds. The summed E-state index contributed by atoms with van der Waals surface area (Å²) in [6, 6.07) is 0.604. The van der Waals surface area contributed by atoms with E-state index in [2.05, 4.69) is 28.4 Å². The molecule has 1 aliphatic rings. The molecule has 1 aliphatic carbocycles. The molecule has 0 spiro atoms. The molecule has 3 rings (SSSR count). The molecule has 0 aliphatic heterocycles. The van der Waals surface area contributed by atoms with E-state index in [1.54, 1.807) is 12.4 Å². The lowest BCUT2D eigenvalue weighted by atomic mass is 10.2. The Morgan fingerprint density at radius 1 is 1.38 bits per heavy atom. The van der Waals surface area contributed by atoms with Crippen molar-refractivity contribution in [2.75, 3.05) is 5.73 Å². The monoisotopic (exact) mass is 216 g/mol. The van der Waals surface area contributed by atoms with E-state index in [4.69, 9.17) is 5.73 Å². The zero-order chi connectivity index (χ0) is 11.3. The van der Waals surface area contributed by atoms with Gasteiger partial charge in [0.15, 0.2) is 0 Å². The molecule has 16 heavy (non-hydrogen) atoms. The van der Waals surface area contributed by atoms with Crippen LogP contribution in [0.15, 0.2) is 12.4 Å². The van der Waals surface area contributed by atoms with E-state index in [1.165, 1.54) is 12.8 Å². The van der Waals surface area contributed by atoms with Crippen molar-refractivity contribution < 1.29 is 0 Å². The first-order valence-corrected chi connectivity index (χ1v) is 5.79. The summed E-state index contributed by atoms with van der Waals surface area (Å²) in [5.41, 5.74) is 8.75. The standard InChI is InChI=1S/C12H16N4/c1-7(2)12-15-10-6-14-5-9(13)11(10)16(12)8-3-4-8/h5-8H,3-4,13H2,1-2H3. The second-order valence-electron chi connectivity index (χ2n) is 4.82. The number of imidazole rings is 1. The number of pyridine rings is 1. The Labute approximate surface area is 94.5 Å². The van der Waals surface area contributed by atoms with Crippen LogP contribution >= 0.6 is 0 Å². The summed E-state index contributed by atoms with van der Waals surface area (Å²) in [7, 11) is 0. The number of nitrogens with zero attached hydrogens (tertiary/aromatic N) is 3. The molecular formula is C12H16N4. The fourth-order valence-corrected chi connectivity index (χ4v) is 2.20. The Morgan fingerprint density at radius 3 is 2.75 bits per heavy atom. The first-order valence-electron chi connectivity index (χ1n) is 5.79. The topological polar surface area (TPSA) is 56.7 Å². The van der Waals surface area contributed by atoms with Crippen LogP contribution in [0.1, 0.15) is 44.5 Å². The number of rotatable bonds is 2. The van der Waals surface area contributed by atoms with Crippen LogP contribution in [-0.4, -0.2) is 14.5 Å². The van der Waals surface area contributed by atoms with Gasteiger partial charge in [0.2, 0.25) is 0 Å². The molecule has 2 heterocycles. The molecular weight excluding hydrogens is 200 g/mol. The molecule has 4 nitrogen and oxygen atoms in total. The van der Waals surface area contributed by atoms with Crippen molar-refractivity contribution in [1.29, 1.82) is 0 Å². The van der Waals surface area contributed by atoms with Crippen LogP contribution in [0.25, 0.3) is 11.0 Å². The largest absolute Gasteiger partial charge is 0.396 e. The highest BCUT2D eigenvalue weighted by Gasteiger charge is 2.29. The van der Waals surface area contributed by atoms with Gasteiger partial charge < -0.3 is 10.3 Å². The molecule has 0 radical (unpaired) electrons. The maximum absolute atomic E-state index is 6.01. The quantitative estimate of drug-likeness (QED) is 0.839. The molecule has 0 saturated heterocycles. The average Bonchev–Trinajstić information content (AvgIpc) is 2.99. The summed E-state index contributed by atoms with van der Waals surface area (Å²) in [5, 5.41) is 0. The van der Waals surface area contributed by atoms with Gasteiger partial charge in [-0.2, -0.15) is 0 Å². The second kappa shape index (κ2) is 3.20. The van der Waals surface area contributed by atoms with Crippen LogP contribution < -0.4 is 5.73 Å². The van der Waals surface area contributed by atoms with Crippen molar-refractivity contribution in [2.45, 2.75) is 38.6 Å². The predicted molar refractivity (Wildman–Crippen MR) is 64.3 cm³/mol. The van der Waals surface area contributed by atoms with E-state index < -0.39 is 0 Å². The Bertz CT molecular complexity index is 537. The van der Waals surface area contributed by atoms with Gasteiger partial charge in [-0.05, 0) is 12.8 Å². The maximum Gasteiger partial charge on any atom is 0.112 e. The predicted octanol–water partition coefficient (Wildman–Crippen LogP) is 2.47. The molecule has 0 atom stereocenters. The summed E-state index contributed by atoms with van der Waals surface area (Å²) in [6.45, 7) is 4.34. The van der Waals surface area contributed by atoms with Gasteiger partial charge in [-0.15, -0.1) is 0 Å². The SMILES string of the molecule is CC(C)c1nc2cncc(N)c2n1C1CC1. The number of fused-ring (bicyclic) bond motifs is 1. The van der Waals surface area contributed by atoms with Crippen molar-refractivity contribution in [3.05, 3.63) is 18.2 Å². The summed E-state index contributed by atoms with van der Waals surface area (Å²) in [4.78, 5) is 8.76. The summed E-state index contributed by atoms with van der Waals surface area (Å²) in [6.07, 6.45) is 6.00. The Kier molecular flexibility index (Phi) is 1.93. The minimum atomic E-state index is 0.424. The first-order chi connectivity index (χ1) is 7.68. The number of nitrogens with two attached hydrogens (primary N) is 1. The number of nitrogen functional groups attached to an aromatic ring is 1. The van der Waals surface area contributed by atoms with Gasteiger partial charge in [0.05, 0.1) is 23.6 Å². The minimum Gasteiger partial charge on any atom is -0.396 e. The van der Waals surface area contributed by atoms with Crippen LogP contribution in [0, 0.1) is 0 Å². The highest BCUT2D eigenvalue weighted by molar-refractivity contribution is 5.87. The molecule has 2 aromatic heterocycles. The smallest absolute Gasteiger partial charge is 0.112 e. The van der Waals surface area contributed by atoms with E-state index in [-0.39, 0.29) is 0 Å². The fraction of sp³-hybridized carbons (Fsp3) is 0.500. The number of aromatic nitrogens is 3. The van der Waals surface area contributed by atoms with Gasteiger partial charge in [0, 0.05) is 12.0 Å². The van der Waals surface area contributed by atoms with Crippen molar-refractivity contribution >= 4 is 16.7 Å². The van der Waals surface area contributed by atoms with Crippen LogP contribution in [-0.2, 0) is 0 Å². The summed E-state index contributed by atoms with van der Waals surface area (Å²) >= 11 is 0. The van der Waals surface area contributed by atoms with Gasteiger partial charge in [-0.1, -0.05) is 13.8 Å². The van der Waals surface area contributed by atoms with Crippen molar-refractivity contribution in [3.8, 4) is 0 Å². The van der Waals surface area contributed by atoms with Crippen LogP contribution in [0.2, 0.25) is 0 Å². The Morgan fingerprint density at radius 2 is 2.12 bits per heavy atom. The zero-order valence-corrected chi connectivity index (χ0v) is 9.64. The van der Waals surface area contributed by atoms with Crippen LogP contribution in [0.3, 0.4) is 0 Å². The van der Waals surface area contributed by atoms with Gasteiger partial charge in [0.1, 0.15) is 11.3 Å². The molecule has 0 bridgehead atoms. The molecule has 0 aromatic carbocycles. The van der Waals surface area contributed by atoms with Gasteiger partial charge in [-0.25, -0.2) is 4.98 Å². The Balaban J connectivity index is 2.34. The van der Waals surface area contributed by atoms with E-state index in [0.717, 1.165) is 22.5 Å². The lowest BCUT2D eigenvalue weighted by molar-refractivity contribution is 0.655. The molecule has 2 N–H and O–H groups in total. The minimum absolute atomic E-state index is 0.424. The highest BCUT2D eigenvalue weighted by Crippen LogP contribution is 2.41. The fourth-order valence-electron chi connectivity index (χ4n) is 2.20. The molecule has 84 valence electrons. The number of hydrogen-bond acceptors (Lipinski definition) is 3. The molecule has 1 saturated carbocycles. The third-order valence-electron chi connectivity index (χ3n) is 3.08. The third kappa shape index (κ3) is 1.29.